The van der Waals surface area contributed by atoms with E-state index in [-0.39, 0.29) is 24.0 Å². The van der Waals surface area contributed by atoms with Gasteiger partial charge in [-0.15, -0.1) is 24.0 Å². The molecule has 0 saturated carbocycles. The fraction of sp³-hybridized carbons (Fsp3) is 0.238. The van der Waals surface area contributed by atoms with E-state index in [0.29, 0.717) is 6.54 Å². The minimum Gasteiger partial charge on any atom is -0.356 e. The molecule has 142 valence electrons. The Balaban J connectivity index is 0.00000261. The SMILES string of the molecule is CN=C(NCCc1ccccc1)NCc1nccn1Cc1ccccc1.I. The van der Waals surface area contributed by atoms with Gasteiger partial charge in [-0.2, -0.15) is 0 Å². The Hall–Kier alpha value is -2.35. The van der Waals surface area contributed by atoms with E-state index >= 15 is 0 Å². The molecule has 0 aliphatic heterocycles. The van der Waals surface area contributed by atoms with Crippen molar-refractivity contribution in [1.29, 1.82) is 0 Å². The molecule has 0 fully saturated rings. The summed E-state index contributed by atoms with van der Waals surface area (Å²) in [6, 6.07) is 20.8. The molecule has 0 radical (unpaired) electrons. The van der Waals surface area contributed by atoms with Crippen LogP contribution in [-0.4, -0.2) is 29.1 Å². The first-order valence-electron chi connectivity index (χ1n) is 8.87. The second kappa shape index (κ2) is 11.4. The first-order valence-corrected chi connectivity index (χ1v) is 8.87. The van der Waals surface area contributed by atoms with E-state index < -0.39 is 0 Å². The standard InChI is InChI=1S/C21H25N5.HI/c1-22-21(24-13-12-18-8-4-2-5-9-18)25-16-20-23-14-15-26(20)17-19-10-6-3-7-11-19;/h2-11,14-15H,12-13,16-17H2,1H3,(H2,22,24,25);1H. The van der Waals surface area contributed by atoms with Gasteiger partial charge in [-0.25, -0.2) is 4.98 Å². The number of halogens is 1. The molecule has 0 unspecified atom stereocenters. The second-order valence-electron chi connectivity index (χ2n) is 6.05. The molecule has 0 aliphatic rings. The van der Waals surface area contributed by atoms with Crippen molar-refractivity contribution in [3.8, 4) is 0 Å². The van der Waals surface area contributed by atoms with Crippen LogP contribution in [0.5, 0.6) is 0 Å². The molecule has 0 saturated heterocycles. The monoisotopic (exact) mass is 475 g/mol. The van der Waals surface area contributed by atoms with E-state index in [1.807, 2.05) is 24.5 Å². The number of aromatic nitrogens is 2. The molecule has 0 bridgehead atoms. The first-order chi connectivity index (χ1) is 12.8. The van der Waals surface area contributed by atoms with Crippen LogP contribution in [0.4, 0.5) is 0 Å². The molecule has 2 aromatic carbocycles. The van der Waals surface area contributed by atoms with Gasteiger partial charge in [-0.3, -0.25) is 4.99 Å². The molecule has 27 heavy (non-hydrogen) atoms. The topological polar surface area (TPSA) is 54.2 Å². The summed E-state index contributed by atoms with van der Waals surface area (Å²) in [5.41, 5.74) is 2.57. The number of hydrogen-bond acceptors (Lipinski definition) is 2. The maximum atomic E-state index is 4.46. The zero-order valence-electron chi connectivity index (χ0n) is 15.5. The van der Waals surface area contributed by atoms with Crippen LogP contribution in [0.2, 0.25) is 0 Å². The van der Waals surface area contributed by atoms with E-state index in [1.54, 1.807) is 7.05 Å². The zero-order chi connectivity index (χ0) is 18.0. The Kier molecular flexibility index (Phi) is 8.83. The zero-order valence-corrected chi connectivity index (χ0v) is 17.8. The molecular weight excluding hydrogens is 449 g/mol. The summed E-state index contributed by atoms with van der Waals surface area (Å²) in [5.74, 6) is 1.77. The molecule has 2 N–H and O–H groups in total. The van der Waals surface area contributed by atoms with Crippen LogP contribution in [0.1, 0.15) is 17.0 Å². The Morgan fingerprint density at radius 3 is 2.30 bits per heavy atom. The number of guanidine groups is 1. The molecule has 0 spiro atoms. The van der Waals surface area contributed by atoms with Crippen molar-refractivity contribution in [2.24, 2.45) is 4.99 Å². The number of nitrogens with one attached hydrogen (secondary N) is 2. The predicted octanol–water partition coefficient (Wildman–Crippen LogP) is 3.46. The van der Waals surface area contributed by atoms with E-state index in [1.165, 1.54) is 11.1 Å². The molecule has 6 heteroatoms. The van der Waals surface area contributed by atoms with Gasteiger partial charge in [-0.1, -0.05) is 60.7 Å². The summed E-state index contributed by atoms with van der Waals surface area (Å²) in [6.45, 7) is 2.28. The van der Waals surface area contributed by atoms with Crippen molar-refractivity contribution in [2.45, 2.75) is 19.5 Å². The van der Waals surface area contributed by atoms with Crippen LogP contribution >= 0.6 is 24.0 Å². The fourth-order valence-corrected chi connectivity index (χ4v) is 2.78. The summed E-state index contributed by atoms with van der Waals surface area (Å²) >= 11 is 0. The van der Waals surface area contributed by atoms with Crippen LogP contribution in [0.25, 0.3) is 0 Å². The third-order valence-electron chi connectivity index (χ3n) is 4.18. The number of rotatable bonds is 7. The highest BCUT2D eigenvalue weighted by Gasteiger charge is 2.05. The van der Waals surface area contributed by atoms with Gasteiger partial charge in [0.25, 0.3) is 0 Å². The highest BCUT2D eigenvalue weighted by Crippen LogP contribution is 2.05. The second-order valence-corrected chi connectivity index (χ2v) is 6.05. The summed E-state index contributed by atoms with van der Waals surface area (Å²) in [5, 5.41) is 6.69. The lowest BCUT2D eigenvalue weighted by Crippen LogP contribution is -2.38. The van der Waals surface area contributed by atoms with Crippen molar-refractivity contribution in [1.82, 2.24) is 20.2 Å². The van der Waals surface area contributed by atoms with Gasteiger partial charge >= 0.3 is 0 Å². The van der Waals surface area contributed by atoms with Gasteiger partial charge in [0.1, 0.15) is 5.82 Å². The van der Waals surface area contributed by atoms with Crippen molar-refractivity contribution in [3.63, 3.8) is 0 Å². The molecular formula is C21H26IN5. The Morgan fingerprint density at radius 1 is 0.963 bits per heavy atom. The van der Waals surface area contributed by atoms with Crippen LogP contribution in [-0.2, 0) is 19.5 Å². The summed E-state index contributed by atoms with van der Waals surface area (Å²) in [7, 11) is 1.79. The average molecular weight is 475 g/mol. The lowest BCUT2D eigenvalue weighted by Gasteiger charge is -2.13. The van der Waals surface area contributed by atoms with Crippen LogP contribution in [0.15, 0.2) is 78.0 Å². The minimum absolute atomic E-state index is 0. The van der Waals surface area contributed by atoms with Gasteiger partial charge in [0.05, 0.1) is 6.54 Å². The normalized spacial score (nSPS) is 10.9. The van der Waals surface area contributed by atoms with Crippen molar-refractivity contribution >= 4 is 29.9 Å². The van der Waals surface area contributed by atoms with Crippen LogP contribution in [0.3, 0.4) is 0 Å². The van der Waals surface area contributed by atoms with E-state index in [9.17, 15) is 0 Å². The van der Waals surface area contributed by atoms with Crippen LogP contribution < -0.4 is 10.6 Å². The van der Waals surface area contributed by atoms with Crippen molar-refractivity contribution in [3.05, 3.63) is 90.0 Å². The average Bonchev–Trinajstić information content (AvgIpc) is 3.13. The summed E-state index contributed by atoms with van der Waals surface area (Å²) in [6.07, 6.45) is 4.81. The highest BCUT2D eigenvalue weighted by atomic mass is 127. The first kappa shape index (κ1) is 21.0. The molecule has 1 aromatic heterocycles. The van der Waals surface area contributed by atoms with Crippen molar-refractivity contribution in [2.75, 3.05) is 13.6 Å². The van der Waals surface area contributed by atoms with Gasteiger partial charge in [0.15, 0.2) is 5.96 Å². The molecule has 5 nitrogen and oxygen atoms in total. The molecule has 0 aliphatic carbocycles. The third-order valence-corrected chi connectivity index (χ3v) is 4.18. The van der Waals surface area contributed by atoms with Gasteiger partial charge in [0.2, 0.25) is 0 Å². The van der Waals surface area contributed by atoms with Gasteiger partial charge < -0.3 is 15.2 Å². The Morgan fingerprint density at radius 2 is 1.63 bits per heavy atom. The van der Waals surface area contributed by atoms with Gasteiger partial charge in [-0.05, 0) is 17.5 Å². The fourth-order valence-electron chi connectivity index (χ4n) is 2.78. The number of hydrogen-bond donors (Lipinski definition) is 2. The third kappa shape index (κ3) is 6.71. The van der Waals surface area contributed by atoms with E-state index in [2.05, 4.69) is 73.7 Å². The smallest absolute Gasteiger partial charge is 0.191 e. The Bertz CT molecular complexity index is 815. The van der Waals surface area contributed by atoms with Gasteiger partial charge in [0, 0.05) is 32.5 Å². The van der Waals surface area contributed by atoms with Crippen molar-refractivity contribution < 1.29 is 0 Å². The largest absolute Gasteiger partial charge is 0.356 e. The minimum atomic E-state index is 0. The lowest BCUT2D eigenvalue weighted by atomic mass is 10.1. The highest BCUT2D eigenvalue weighted by molar-refractivity contribution is 14.0. The number of nitrogens with zero attached hydrogens (tertiary/aromatic N) is 3. The lowest BCUT2D eigenvalue weighted by molar-refractivity contribution is 0.687. The number of imidazole rings is 1. The van der Waals surface area contributed by atoms with E-state index in [0.717, 1.165) is 31.3 Å². The molecule has 3 rings (SSSR count). The molecule has 1 heterocycles. The van der Waals surface area contributed by atoms with Crippen LogP contribution in [0, 0.1) is 0 Å². The predicted molar refractivity (Wildman–Crippen MR) is 122 cm³/mol. The summed E-state index contributed by atoms with van der Waals surface area (Å²) in [4.78, 5) is 8.75. The molecule has 3 aromatic rings. The van der Waals surface area contributed by atoms with E-state index in [4.69, 9.17) is 0 Å². The Labute approximate surface area is 178 Å². The number of benzene rings is 2. The number of aliphatic imine (C=N–C) groups is 1. The molecule has 0 amide bonds. The maximum Gasteiger partial charge on any atom is 0.191 e. The summed E-state index contributed by atoms with van der Waals surface area (Å²) < 4.78 is 2.15. The quantitative estimate of drug-likeness (QED) is 0.313. The molecule has 0 atom stereocenters. The maximum absolute atomic E-state index is 4.46.